The maximum Gasteiger partial charge on any atom is 0.263 e. The fourth-order valence-corrected chi connectivity index (χ4v) is 4.27. The summed E-state index contributed by atoms with van der Waals surface area (Å²) in [6, 6.07) is 6.17. The average Bonchev–Trinajstić information content (AvgIpc) is 3.23. The number of hydrogen-bond acceptors (Lipinski definition) is 5. The molecule has 3 aromatic rings. The molecule has 25 heavy (non-hydrogen) atoms. The molecule has 3 heterocycles. The molecule has 0 aliphatic carbocycles. The second kappa shape index (κ2) is 6.28. The fraction of sp³-hybridized carbons (Fsp3) is 0.368. The summed E-state index contributed by atoms with van der Waals surface area (Å²) in [6.07, 6.45) is 2.17. The number of nitrogen functional groups attached to an aromatic ring is 1. The standard InChI is InChI=1S/C19H21N3O2S/c1-10-5-6-12-8-14-15(20)17(25-19(14)22-16(12)11(10)2)18(23)21-9-13-4-3-7-24-13/h5-6,8,13H,3-4,7,9,20H2,1-2H3,(H,21,23). The molecule has 1 fully saturated rings. The summed E-state index contributed by atoms with van der Waals surface area (Å²) in [4.78, 5) is 18.7. The first-order chi connectivity index (χ1) is 12.0. The maximum atomic E-state index is 12.5. The molecule has 5 nitrogen and oxygen atoms in total. The summed E-state index contributed by atoms with van der Waals surface area (Å²) in [5.74, 6) is -0.145. The highest BCUT2D eigenvalue weighted by Gasteiger charge is 2.21. The van der Waals surface area contributed by atoms with Crippen LogP contribution in [0.1, 0.15) is 33.6 Å². The zero-order chi connectivity index (χ0) is 17.6. The van der Waals surface area contributed by atoms with Crippen molar-refractivity contribution in [3.8, 4) is 0 Å². The Morgan fingerprint density at radius 1 is 1.44 bits per heavy atom. The van der Waals surface area contributed by atoms with E-state index < -0.39 is 0 Å². The lowest BCUT2D eigenvalue weighted by molar-refractivity contribution is 0.0862. The number of aryl methyl sites for hydroxylation is 2. The largest absolute Gasteiger partial charge is 0.397 e. The zero-order valence-corrected chi connectivity index (χ0v) is 15.2. The van der Waals surface area contributed by atoms with E-state index in [4.69, 9.17) is 15.5 Å². The number of ether oxygens (including phenoxy) is 1. The van der Waals surface area contributed by atoms with Crippen molar-refractivity contribution in [3.63, 3.8) is 0 Å². The Morgan fingerprint density at radius 2 is 2.28 bits per heavy atom. The van der Waals surface area contributed by atoms with Gasteiger partial charge in [-0.2, -0.15) is 0 Å². The summed E-state index contributed by atoms with van der Waals surface area (Å²) >= 11 is 1.35. The van der Waals surface area contributed by atoms with Gasteiger partial charge < -0.3 is 15.8 Å². The first-order valence-electron chi connectivity index (χ1n) is 8.53. The van der Waals surface area contributed by atoms with Gasteiger partial charge in [0.25, 0.3) is 5.91 Å². The number of hydrogen-bond donors (Lipinski definition) is 2. The van der Waals surface area contributed by atoms with Crippen molar-refractivity contribution in [2.24, 2.45) is 0 Å². The molecule has 1 atom stereocenters. The van der Waals surface area contributed by atoms with Crippen LogP contribution in [0.5, 0.6) is 0 Å². The van der Waals surface area contributed by atoms with Crippen LogP contribution in [0.3, 0.4) is 0 Å². The van der Waals surface area contributed by atoms with Gasteiger partial charge in [0.15, 0.2) is 0 Å². The highest BCUT2D eigenvalue weighted by atomic mass is 32.1. The highest BCUT2D eigenvalue weighted by molar-refractivity contribution is 7.21. The van der Waals surface area contributed by atoms with Gasteiger partial charge in [0.2, 0.25) is 0 Å². The van der Waals surface area contributed by atoms with Gasteiger partial charge in [-0.3, -0.25) is 4.79 Å². The summed E-state index contributed by atoms with van der Waals surface area (Å²) < 4.78 is 5.55. The van der Waals surface area contributed by atoms with Crippen LogP contribution in [-0.2, 0) is 4.74 Å². The number of carbonyl (C=O) groups is 1. The van der Waals surface area contributed by atoms with Crippen molar-refractivity contribution >= 4 is 44.1 Å². The Hall–Kier alpha value is -2.18. The minimum atomic E-state index is -0.145. The third-order valence-corrected chi connectivity index (χ3v) is 6.04. The molecule has 0 radical (unpaired) electrons. The van der Waals surface area contributed by atoms with Gasteiger partial charge in [0.05, 0.1) is 17.3 Å². The molecule has 6 heteroatoms. The average molecular weight is 355 g/mol. The van der Waals surface area contributed by atoms with E-state index in [1.54, 1.807) is 0 Å². The van der Waals surface area contributed by atoms with Crippen molar-refractivity contribution < 1.29 is 9.53 Å². The summed E-state index contributed by atoms with van der Waals surface area (Å²) in [5, 5.41) is 4.84. The van der Waals surface area contributed by atoms with Gasteiger partial charge in [-0.05, 0) is 43.9 Å². The van der Waals surface area contributed by atoms with Crippen molar-refractivity contribution in [1.82, 2.24) is 10.3 Å². The van der Waals surface area contributed by atoms with E-state index in [-0.39, 0.29) is 12.0 Å². The number of pyridine rings is 1. The number of aromatic nitrogens is 1. The lowest BCUT2D eigenvalue weighted by Crippen LogP contribution is -2.31. The number of rotatable bonds is 3. The Morgan fingerprint density at radius 3 is 3.04 bits per heavy atom. The Bertz CT molecular complexity index is 974. The van der Waals surface area contributed by atoms with Crippen LogP contribution in [-0.4, -0.2) is 30.1 Å². The van der Waals surface area contributed by atoms with E-state index in [0.29, 0.717) is 17.1 Å². The van der Waals surface area contributed by atoms with Crippen molar-refractivity contribution in [1.29, 1.82) is 0 Å². The molecule has 3 N–H and O–H groups in total. The minimum absolute atomic E-state index is 0.117. The first kappa shape index (κ1) is 16.3. The summed E-state index contributed by atoms with van der Waals surface area (Å²) in [5.41, 5.74) is 10.1. The number of nitrogens with two attached hydrogens (primary N) is 1. The number of amides is 1. The van der Waals surface area contributed by atoms with Gasteiger partial charge in [-0.15, -0.1) is 11.3 Å². The van der Waals surface area contributed by atoms with E-state index >= 15 is 0 Å². The molecule has 1 amide bonds. The second-order valence-electron chi connectivity index (χ2n) is 6.61. The topological polar surface area (TPSA) is 77.2 Å². The van der Waals surface area contributed by atoms with Crippen molar-refractivity contribution in [2.75, 3.05) is 18.9 Å². The van der Waals surface area contributed by atoms with E-state index in [0.717, 1.165) is 46.1 Å². The molecule has 1 aromatic carbocycles. The van der Waals surface area contributed by atoms with Gasteiger partial charge in [-0.25, -0.2) is 4.98 Å². The Balaban J connectivity index is 1.69. The molecule has 4 rings (SSSR count). The van der Waals surface area contributed by atoms with Crippen LogP contribution >= 0.6 is 11.3 Å². The summed E-state index contributed by atoms with van der Waals surface area (Å²) in [6.45, 7) is 5.46. The molecule has 1 aliphatic heterocycles. The van der Waals surface area contributed by atoms with Crippen LogP contribution in [0, 0.1) is 13.8 Å². The van der Waals surface area contributed by atoms with Crippen LogP contribution in [0.25, 0.3) is 21.1 Å². The Labute approximate surface area is 150 Å². The molecule has 130 valence electrons. The third kappa shape index (κ3) is 2.85. The lowest BCUT2D eigenvalue weighted by Gasteiger charge is -2.10. The monoisotopic (exact) mass is 355 g/mol. The van der Waals surface area contributed by atoms with Crippen LogP contribution in [0.4, 0.5) is 5.69 Å². The Kier molecular flexibility index (Phi) is 4.09. The minimum Gasteiger partial charge on any atom is -0.397 e. The molecule has 2 aromatic heterocycles. The number of carbonyl (C=O) groups excluding carboxylic acids is 1. The van der Waals surface area contributed by atoms with Gasteiger partial charge in [0.1, 0.15) is 9.71 Å². The highest BCUT2D eigenvalue weighted by Crippen LogP contribution is 2.35. The number of fused-ring (bicyclic) bond motifs is 2. The quantitative estimate of drug-likeness (QED) is 0.753. The summed E-state index contributed by atoms with van der Waals surface area (Å²) in [7, 11) is 0. The molecular weight excluding hydrogens is 334 g/mol. The predicted molar refractivity (Wildman–Crippen MR) is 102 cm³/mol. The van der Waals surface area contributed by atoms with Crippen LogP contribution in [0.15, 0.2) is 18.2 Å². The number of nitrogens with zero attached hydrogens (tertiary/aromatic N) is 1. The molecule has 1 unspecified atom stereocenters. The smallest absolute Gasteiger partial charge is 0.263 e. The zero-order valence-electron chi connectivity index (χ0n) is 14.4. The van der Waals surface area contributed by atoms with Gasteiger partial charge in [-0.1, -0.05) is 12.1 Å². The van der Waals surface area contributed by atoms with Crippen molar-refractivity contribution in [3.05, 3.63) is 34.2 Å². The number of thiophene rings is 1. The van der Waals surface area contributed by atoms with E-state index in [1.807, 2.05) is 6.07 Å². The SMILES string of the molecule is Cc1ccc2cc3c(N)c(C(=O)NCC4CCCO4)sc3nc2c1C. The van der Waals surface area contributed by atoms with E-state index in [9.17, 15) is 4.79 Å². The predicted octanol–water partition coefficient (Wildman–Crippen LogP) is 3.56. The molecule has 1 saturated heterocycles. The van der Waals surface area contributed by atoms with Gasteiger partial charge in [0, 0.05) is 23.9 Å². The maximum absolute atomic E-state index is 12.5. The molecule has 0 bridgehead atoms. The second-order valence-corrected chi connectivity index (χ2v) is 7.61. The molecule has 0 saturated carbocycles. The van der Waals surface area contributed by atoms with E-state index in [2.05, 4.69) is 31.3 Å². The number of anilines is 1. The fourth-order valence-electron chi connectivity index (χ4n) is 3.27. The molecular formula is C19H21N3O2S. The molecule has 1 aliphatic rings. The van der Waals surface area contributed by atoms with Crippen molar-refractivity contribution in [2.45, 2.75) is 32.8 Å². The van der Waals surface area contributed by atoms with Crippen LogP contribution in [0.2, 0.25) is 0 Å². The molecule has 0 spiro atoms. The number of nitrogens with one attached hydrogen (secondary N) is 1. The van der Waals surface area contributed by atoms with E-state index in [1.165, 1.54) is 16.9 Å². The number of benzene rings is 1. The third-order valence-electron chi connectivity index (χ3n) is 4.93. The normalized spacial score (nSPS) is 17.4. The first-order valence-corrected chi connectivity index (χ1v) is 9.35. The lowest BCUT2D eigenvalue weighted by atomic mass is 10.0. The van der Waals surface area contributed by atoms with Gasteiger partial charge >= 0.3 is 0 Å². The van der Waals surface area contributed by atoms with Crippen LogP contribution < -0.4 is 11.1 Å².